The fraction of sp³-hybridized carbons (Fsp3) is 0.0870. The van der Waals surface area contributed by atoms with Gasteiger partial charge < -0.3 is 0 Å². The molecule has 0 aliphatic rings. The number of carbonyl (C=O) groups excluding carboxylic acids is 1. The summed E-state index contributed by atoms with van der Waals surface area (Å²) < 4.78 is 26.7. The number of nitro benzene ring substituents is 1. The molecule has 1 aromatic heterocycles. The summed E-state index contributed by atoms with van der Waals surface area (Å²) in [7, 11) is -4.35. The lowest BCUT2D eigenvalue weighted by Crippen LogP contribution is -2.43. The molecular formula is C23H19N5O6S. The summed E-state index contributed by atoms with van der Waals surface area (Å²) in [5, 5.41) is 15.7. The Morgan fingerprint density at radius 2 is 1.69 bits per heavy atom. The van der Waals surface area contributed by atoms with Crippen molar-refractivity contribution in [3.8, 4) is 0 Å². The molecule has 11 nitrogen and oxygen atoms in total. The van der Waals surface area contributed by atoms with Crippen molar-refractivity contribution < 1.29 is 18.1 Å². The SMILES string of the molecule is Cc1ccc([N+](=O)[O-])cc1S(=O)(=O)NNC(=O)c1nn(Cc2ccccc2)c(=O)c2ccccc12. The second-order valence-corrected chi connectivity index (χ2v) is 9.26. The molecule has 4 rings (SSSR count). The molecule has 0 fully saturated rings. The Kier molecular flexibility index (Phi) is 6.40. The van der Waals surface area contributed by atoms with Crippen molar-refractivity contribution in [1.29, 1.82) is 0 Å². The first-order valence-electron chi connectivity index (χ1n) is 10.3. The molecule has 2 N–H and O–H groups in total. The highest BCUT2D eigenvalue weighted by atomic mass is 32.2. The third kappa shape index (κ3) is 4.93. The summed E-state index contributed by atoms with van der Waals surface area (Å²) in [5.41, 5.74) is 2.13. The van der Waals surface area contributed by atoms with Crippen LogP contribution in [0.5, 0.6) is 0 Å². The number of rotatable bonds is 7. The Bertz CT molecular complexity index is 1620. The van der Waals surface area contributed by atoms with E-state index in [2.05, 4.69) is 10.5 Å². The minimum Gasteiger partial charge on any atom is -0.272 e. The molecule has 0 saturated heterocycles. The van der Waals surface area contributed by atoms with Crippen molar-refractivity contribution in [3.05, 3.63) is 110 Å². The second kappa shape index (κ2) is 9.44. The summed E-state index contributed by atoms with van der Waals surface area (Å²) in [5.74, 6) is -0.908. The molecule has 12 heteroatoms. The molecule has 0 aliphatic heterocycles. The number of carbonyl (C=O) groups is 1. The van der Waals surface area contributed by atoms with Gasteiger partial charge in [-0.25, -0.2) is 13.1 Å². The molecule has 4 aromatic rings. The van der Waals surface area contributed by atoms with Crippen molar-refractivity contribution in [2.24, 2.45) is 0 Å². The van der Waals surface area contributed by atoms with E-state index in [1.165, 1.54) is 25.1 Å². The molecule has 0 bridgehead atoms. The molecule has 0 saturated carbocycles. The molecule has 1 heterocycles. The first-order valence-corrected chi connectivity index (χ1v) is 11.8. The van der Waals surface area contributed by atoms with Crippen LogP contribution in [-0.2, 0) is 16.6 Å². The van der Waals surface area contributed by atoms with Crippen LogP contribution in [0.4, 0.5) is 5.69 Å². The van der Waals surface area contributed by atoms with Gasteiger partial charge in [0.25, 0.3) is 27.2 Å². The minimum absolute atomic E-state index is 0.101. The molecule has 3 aromatic carbocycles. The highest BCUT2D eigenvalue weighted by Crippen LogP contribution is 2.21. The van der Waals surface area contributed by atoms with Crippen LogP contribution in [0, 0.1) is 17.0 Å². The zero-order chi connectivity index (χ0) is 25.2. The minimum atomic E-state index is -4.35. The number of nitrogens with zero attached hydrogens (tertiary/aromatic N) is 3. The van der Waals surface area contributed by atoms with E-state index in [1.54, 1.807) is 42.5 Å². The number of nitro groups is 1. The van der Waals surface area contributed by atoms with Crippen molar-refractivity contribution in [3.63, 3.8) is 0 Å². The molecule has 0 unspecified atom stereocenters. The molecule has 0 spiro atoms. The number of aromatic nitrogens is 2. The largest absolute Gasteiger partial charge is 0.287 e. The number of hydrazine groups is 1. The van der Waals surface area contributed by atoms with E-state index in [1.807, 2.05) is 10.9 Å². The highest BCUT2D eigenvalue weighted by molar-refractivity contribution is 7.89. The van der Waals surface area contributed by atoms with Gasteiger partial charge in [0, 0.05) is 17.5 Å². The van der Waals surface area contributed by atoms with E-state index in [0.29, 0.717) is 0 Å². The van der Waals surface area contributed by atoms with Crippen molar-refractivity contribution in [2.75, 3.05) is 0 Å². The van der Waals surface area contributed by atoms with Gasteiger partial charge in [-0.3, -0.25) is 25.1 Å². The lowest BCUT2D eigenvalue weighted by atomic mass is 10.1. The molecule has 0 aliphatic carbocycles. The third-order valence-electron chi connectivity index (χ3n) is 5.23. The number of fused-ring (bicyclic) bond motifs is 1. The Labute approximate surface area is 199 Å². The number of sulfonamides is 1. The maximum atomic E-state index is 13.0. The lowest BCUT2D eigenvalue weighted by molar-refractivity contribution is -0.385. The molecular weight excluding hydrogens is 474 g/mol. The van der Waals surface area contributed by atoms with E-state index in [9.17, 15) is 28.1 Å². The van der Waals surface area contributed by atoms with Crippen LogP contribution in [0.1, 0.15) is 21.6 Å². The smallest absolute Gasteiger partial charge is 0.272 e. The zero-order valence-electron chi connectivity index (χ0n) is 18.3. The van der Waals surface area contributed by atoms with E-state index < -0.39 is 32.1 Å². The van der Waals surface area contributed by atoms with Crippen LogP contribution >= 0.6 is 0 Å². The number of amides is 1. The maximum absolute atomic E-state index is 13.0. The van der Waals surface area contributed by atoms with Crippen LogP contribution in [0.25, 0.3) is 10.8 Å². The van der Waals surface area contributed by atoms with Gasteiger partial charge in [-0.1, -0.05) is 54.6 Å². The molecule has 0 radical (unpaired) electrons. The average Bonchev–Trinajstić information content (AvgIpc) is 2.85. The predicted octanol–water partition coefficient (Wildman–Crippen LogP) is 2.28. The fourth-order valence-corrected chi connectivity index (χ4v) is 4.59. The number of benzene rings is 3. The van der Waals surface area contributed by atoms with Crippen molar-refractivity contribution in [1.82, 2.24) is 20.0 Å². The standard InChI is InChI=1S/C23H19N5O6S/c1-15-11-12-17(28(31)32)13-20(15)35(33,34)26-24-22(29)21-18-9-5-6-10-19(18)23(30)27(25-21)14-16-7-3-2-4-8-16/h2-13,26H,14H2,1H3,(H,24,29). The first-order chi connectivity index (χ1) is 16.7. The summed E-state index contributed by atoms with van der Waals surface area (Å²) in [6.07, 6.45) is 0. The molecule has 35 heavy (non-hydrogen) atoms. The number of hydrogen-bond acceptors (Lipinski definition) is 7. The number of hydrogen-bond donors (Lipinski definition) is 2. The van der Waals surface area contributed by atoms with E-state index in [0.717, 1.165) is 16.3 Å². The van der Waals surface area contributed by atoms with Crippen LogP contribution in [-0.4, -0.2) is 29.0 Å². The van der Waals surface area contributed by atoms with Crippen LogP contribution in [0.2, 0.25) is 0 Å². The normalized spacial score (nSPS) is 11.3. The van der Waals surface area contributed by atoms with Crippen LogP contribution in [0.3, 0.4) is 0 Å². The van der Waals surface area contributed by atoms with E-state index in [4.69, 9.17) is 0 Å². The van der Waals surface area contributed by atoms with Crippen LogP contribution in [0.15, 0.2) is 82.5 Å². The monoisotopic (exact) mass is 493 g/mol. The Balaban J connectivity index is 1.67. The van der Waals surface area contributed by atoms with Crippen molar-refractivity contribution >= 4 is 32.4 Å². The van der Waals surface area contributed by atoms with E-state index >= 15 is 0 Å². The number of aryl methyl sites for hydroxylation is 1. The highest BCUT2D eigenvalue weighted by Gasteiger charge is 2.23. The van der Waals surface area contributed by atoms with Crippen LogP contribution < -0.4 is 15.8 Å². The Hall–Kier alpha value is -4.42. The topological polar surface area (TPSA) is 153 Å². The Morgan fingerprint density at radius 1 is 1.03 bits per heavy atom. The fourth-order valence-electron chi connectivity index (χ4n) is 3.49. The first kappa shape index (κ1) is 23.7. The van der Waals surface area contributed by atoms with Gasteiger partial charge >= 0.3 is 0 Å². The lowest BCUT2D eigenvalue weighted by Gasteiger charge is -2.13. The molecule has 178 valence electrons. The average molecular weight is 494 g/mol. The summed E-state index contributed by atoms with van der Waals surface area (Å²) in [6, 6.07) is 18.8. The Morgan fingerprint density at radius 3 is 2.37 bits per heavy atom. The van der Waals surface area contributed by atoms with Gasteiger partial charge in [-0.05, 0) is 24.1 Å². The van der Waals surface area contributed by atoms with Gasteiger partial charge in [0.1, 0.15) is 0 Å². The molecule has 0 atom stereocenters. The van der Waals surface area contributed by atoms with Gasteiger partial charge in [0.05, 0.1) is 21.7 Å². The number of non-ortho nitro benzene ring substituents is 1. The van der Waals surface area contributed by atoms with Gasteiger partial charge in [0.15, 0.2) is 5.69 Å². The summed E-state index contributed by atoms with van der Waals surface area (Å²) in [4.78, 5) is 37.8. The van der Waals surface area contributed by atoms with Gasteiger partial charge in [-0.15, -0.1) is 4.83 Å². The summed E-state index contributed by atoms with van der Waals surface area (Å²) >= 11 is 0. The van der Waals surface area contributed by atoms with E-state index in [-0.39, 0.29) is 33.5 Å². The van der Waals surface area contributed by atoms with Crippen molar-refractivity contribution in [2.45, 2.75) is 18.4 Å². The number of nitrogens with one attached hydrogen (secondary N) is 2. The quantitative estimate of drug-likeness (QED) is 0.296. The predicted molar refractivity (Wildman–Crippen MR) is 127 cm³/mol. The van der Waals surface area contributed by atoms with Gasteiger partial charge in [0.2, 0.25) is 0 Å². The zero-order valence-corrected chi connectivity index (χ0v) is 19.2. The third-order valence-corrected chi connectivity index (χ3v) is 6.62. The van der Waals surface area contributed by atoms with Gasteiger partial charge in [-0.2, -0.15) is 5.10 Å². The summed E-state index contributed by atoms with van der Waals surface area (Å²) in [6.45, 7) is 1.57. The maximum Gasteiger partial charge on any atom is 0.287 e. The second-order valence-electron chi connectivity index (χ2n) is 7.61. The molecule has 1 amide bonds.